The summed E-state index contributed by atoms with van der Waals surface area (Å²) in [7, 11) is 1.62. The summed E-state index contributed by atoms with van der Waals surface area (Å²) in [5, 5.41) is 38.2. The Morgan fingerprint density at radius 2 is 1.82 bits per heavy atom. The third-order valence-electron chi connectivity index (χ3n) is 3.18. The van der Waals surface area contributed by atoms with Crippen molar-refractivity contribution in [3.05, 3.63) is 0 Å². The minimum atomic E-state index is -1.35. The van der Waals surface area contributed by atoms with Crippen molar-refractivity contribution >= 4 is 11.8 Å². The molecule has 1 rings (SSSR count). The zero-order valence-corrected chi connectivity index (χ0v) is 10.7. The van der Waals surface area contributed by atoms with Crippen LogP contribution in [0.25, 0.3) is 0 Å². The van der Waals surface area contributed by atoms with Gasteiger partial charge in [0.25, 0.3) is 0 Å². The Morgan fingerprint density at radius 3 is 2.24 bits per heavy atom. The molecular formula is C10H20ClNO5. The van der Waals surface area contributed by atoms with E-state index in [1.54, 1.807) is 7.05 Å². The second-order valence-electron chi connectivity index (χ2n) is 4.29. The largest absolute Gasteiger partial charge is 0.394 e. The predicted molar refractivity (Wildman–Crippen MR) is 61.5 cm³/mol. The average Bonchev–Trinajstić information content (AvgIpc) is 2.29. The third-order valence-corrected chi connectivity index (χ3v) is 3.43. The zero-order chi connectivity index (χ0) is 13.2. The maximum absolute atomic E-state index is 9.87. The Hall–Kier alpha value is 0.0500. The van der Waals surface area contributed by atoms with Gasteiger partial charge in [-0.3, -0.25) is 0 Å². The molecule has 1 aliphatic rings. The fourth-order valence-electron chi connectivity index (χ4n) is 2.13. The van der Waals surface area contributed by atoms with E-state index in [0.717, 1.165) is 0 Å². The van der Waals surface area contributed by atoms with Gasteiger partial charge in [0, 0.05) is 7.05 Å². The molecule has 0 saturated carbocycles. The monoisotopic (exact) mass is 269 g/mol. The molecule has 1 aliphatic heterocycles. The third kappa shape index (κ3) is 3.08. The summed E-state index contributed by atoms with van der Waals surface area (Å²) in [6.07, 6.45) is -4.95. The number of ether oxygens (including phenoxy) is 1. The second-order valence-corrected chi connectivity index (χ2v) is 4.83. The highest BCUT2D eigenvalue weighted by Crippen LogP contribution is 2.26. The van der Waals surface area contributed by atoms with Crippen molar-refractivity contribution in [2.75, 3.05) is 13.7 Å². The van der Waals surface area contributed by atoms with Gasteiger partial charge >= 0.3 is 0 Å². The summed E-state index contributed by atoms with van der Waals surface area (Å²) in [6, 6.07) is -0.317. The van der Waals surface area contributed by atoms with Gasteiger partial charge in [-0.25, -0.2) is 4.42 Å². The maximum Gasteiger partial charge on any atom is 0.111 e. The van der Waals surface area contributed by atoms with Crippen molar-refractivity contribution in [3.8, 4) is 0 Å². The highest BCUT2D eigenvalue weighted by molar-refractivity contribution is 6.13. The second kappa shape index (κ2) is 6.29. The smallest absolute Gasteiger partial charge is 0.111 e. The standard InChI is InChI=1S/C10H20ClNO5/c1-3-5(12(2)11)10-9(16)8(15)7(14)6(4-13)17-10/h5-10,13-16H,3-4H2,1-2H3/t5?,6-,7-,8+,9-,10+/m1/s1. The molecule has 102 valence electrons. The molecule has 0 bridgehead atoms. The van der Waals surface area contributed by atoms with E-state index in [2.05, 4.69) is 0 Å². The van der Waals surface area contributed by atoms with Gasteiger partial charge < -0.3 is 25.2 Å². The van der Waals surface area contributed by atoms with Gasteiger partial charge in [-0.15, -0.1) is 0 Å². The summed E-state index contributed by atoms with van der Waals surface area (Å²) in [4.78, 5) is 0. The van der Waals surface area contributed by atoms with Crippen molar-refractivity contribution in [3.63, 3.8) is 0 Å². The molecule has 1 saturated heterocycles. The first-order chi connectivity index (χ1) is 7.93. The lowest BCUT2D eigenvalue weighted by Crippen LogP contribution is -2.62. The number of likely N-dealkylation sites (N-methyl/N-ethyl adjacent to an activating group) is 1. The van der Waals surface area contributed by atoms with Crippen molar-refractivity contribution < 1.29 is 25.2 Å². The van der Waals surface area contributed by atoms with Crippen LogP contribution in [0.2, 0.25) is 0 Å². The van der Waals surface area contributed by atoms with E-state index in [-0.39, 0.29) is 6.04 Å². The summed E-state index contributed by atoms with van der Waals surface area (Å²) < 4.78 is 6.78. The normalized spacial score (nSPS) is 40.6. The highest BCUT2D eigenvalue weighted by Gasteiger charge is 2.46. The Kier molecular flexibility index (Phi) is 5.59. The van der Waals surface area contributed by atoms with E-state index in [4.69, 9.17) is 21.6 Å². The zero-order valence-electron chi connectivity index (χ0n) is 9.90. The van der Waals surface area contributed by atoms with Crippen LogP contribution in [0.3, 0.4) is 0 Å². The fraction of sp³-hybridized carbons (Fsp3) is 1.00. The van der Waals surface area contributed by atoms with Crippen LogP contribution in [0.15, 0.2) is 0 Å². The Morgan fingerprint density at radius 1 is 1.24 bits per heavy atom. The average molecular weight is 270 g/mol. The summed E-state index contributed by atoms with van der Waals surface area (Å²) in [5.74, 6) is 0. The molecular weight excluding hydrogens is 250 g/mol. The molecule has 17 heavy (non-hydrogen) atoms. The van der Waals surface area contributed by atoms with Crippen molar-refractivity contribution in [1.29, 1.82) is 0 Å². The van der Waals surface area contributed by atoms with Crippen LogP contribution in [0.1, 0.15) is 13.3 Å². The quantitative estimate of drug-likeness (QED) is 0.474. The van der Waals surface area contributed by atoms with Crippen LogP contribution in [0.5, 0.6) is 0 Å². The molecule has 0 radical (unpaired) electrons. The number of rotatable bonds is 4. The SMILES string of the molecule is CCC([C@@H]1O[C@H](CO)[C@@H](O)[C@H](O)[C@H]1O)N(C)Cl. The molecule has 1 unspecified atom stereocenters. The number of hydrogen-bond donors (Lipinski definition) is 4. The van der Waals surface area contributed by atoms with Crippen LogP contribution in [-0.2, 0) is 4.74 Å². The van der Waals surface area contributed by atoms with Crippen LogP contribution < -0.4 is 0 Å². The molecule has 0 spiro atoms. The van der Waals surface area contributed by atoms with Gasteiger partial charge in [-0.1, -0.05) is 6.92 Å². The minimum Gasteiger partial charge on any atom is -0.394 e. The number of aliphatic hydroxyl groups is 4. The molecule has 0 aromatic heterocycles. The molecule has 0 aromatic rings. The van der Waals surface area contributed by atoms with Crippen molar-refractivity contribution in [1.82, 2.24) is 4.42 Å². The molecule has 6 atom stereocenters. The summed E-state index contributed by atoms with van der Waals surface area (Å²) >= 11 is 5.85. The molecule has 1 fully saturated rings. The topological polar surface area (TPSA) is 93.4 Å². The van der Waals surface area contributed by atoms with Crippen LogP contribution >= 0.6 is 11.8 Å². The fourth-order valence-corrected chi connectivity index (χ4v) is 2.38. The number of hydrogen-bond acceptors (Lipinski definition) is 6. The van der Waals surface area contributed by atoms with E-state index in [9.17, 15) is 15.3 Å². The molecule has 0 amide bonds. The molecule has 1 heterocycles. The minimum absolute atomic E-state index is 0.317. The Balaban J connectivity index is 2.84. The first-order valence-corrected chi connectivity index (χ1v) is 5.97. The number of nitrogens with zero attached hydrogens (tertiary/aromatic N) is 1. The lowest BCUT2D eigenvalue weighted by Gasteiger charge is -2.44. The number of aliphatic hydroxyl groups excluding tert-OH is 4. The molecule has 6 nitrogen and oxygen atoms in total. The molecule has 4 N–H and O–H groups in total. The van der Waals surface area contributed by atoms with E-state index < -0.39 is 37.1 Å². The van der Waals surface area contributed by atoms with Crippen LogP contribution in [0, 0.1) is 0 Å². The van der Waals surface area contributed by atoms with E-state index >= 15 is 0 Å². The van der Waals surface area contributed by atoms with Gasteiger partial charge in [0.15, 0.2) is 0 Å². The van der Waals surface area contributed by atoms with Gasteiger partial charge in [-0.2, -0.15) is 0 Å². The van der Waals surface area contributed by atoms with Crippen LogP contribution in [-0.4, -0.2) is 75.1 Å². The first-order valence-electron chi connectivity index (χ1n) is 5.63. The molecule has 7 heteroatoms. The lowest BCUT2D eigenvalue weighted by molar-refractivity contribution is -0.239. The van der Waals surface area contributed by atoms with Crippen molar-refractivity contribution in [2.45, 2.75) is 49.9 Å². The van der Waals surface area contributed by atoms with E-state index in [0.29, 0.717) is 6.42 Å². The highest BCUT2D eigenvalue weighted by atomic mass is 35.5. The maximum atomic E-state index is 9.87. The van der Waals surface area contributed by atoms with E-state index in [1.807, 2.05) is 6.92 Å². The van der Waals surface area contributed by atoms with Gasteiger partial charge in [0.1, 0.15) is 30.5 Å². The van der Waals surface area contributed by atoms with Gasteiger partial charge in [-0.05, 0) is 18.2 Å². The molecule has 0 aromatic carbocycles. The van der Waals surface area contributed by atoms with Gasteiger partial charge in [0.05, 0.1) is 12.6 Å². The Labute approximate surface area is 105 Å². The van der Waals surface area contributed by atoms with Crippen LogP contribution in [0.4, 0.5) is 0 Å². The number of halogens is 1. The van der Waals surface area contributed by atoms with Crippen molar-refractivity contribution in [2.24, 2.45) is 0 Å². The predicted octanol–water partition coefficient (Wildman–Crippen LogP) is -1.31. The first kappa shape index (κ1) is 15.1. The molecule has 0 aliphatic carbocycles. The summed E-state index contributed by atoms with van der Waals surface area (Å²) in [5.41, 5.74) is 0. The van der Waals surface area contributed by atoms with E-state index in [1.165, 1.54) is 4.42 Å². The summed E-state index contributed by atoms with van der Waals surface area (Å²) in [6.45, 7) is 1.44. The lowest BCUT2D eigenvalue weighted by atomic mass is 9.90. The Bertz CT molecular complexity index is 241. The van der Waals surface area contributed by atoms with Gasteiger partial charge in [0.2, 0.25) is 0 Å².